The van der Waals surface area contributed by atoms with Gasteiger partial charge in [-0.15, -0.1) is 0 Å². The van der Waals surface area contributed by atoms with Crippen molar-refractivity contribution in [1.82, 2.24) is 10.2 Å². The Hall–Kier alpha value is -2.90. The van der Waals surface area contributed by atoms with Gasteiger partial charge in [0, 0.05) is 25.6 Å². The van der Waals surface area contributed by atoms with Gasteiger partial charge in [-0.05, 0) is 41.8 Å². The Bertz CT molecular complexity index is 820. The zero-order valence-electron chi connectivity index (χ0n) is 15.2. The number of halogens is 4. The van der Waals surface area contributed by atoms with Crippen molar-refractivity contribution >= 4 is 11.8 Å². The van der Waals surface area contributed by atoms with E-state index < -0.39 is 18.6 Å². The van der Waals surface area contributed by atoms with Crippen LogP contribution in [0.15, 0.2) is 48.5 Å². The van der Waals surface area contributed by atoms with E-state index in [0.717, 1.165) is 11.1 Å². The van der Waals surface area contributed by atoms with E-state index in [0.29, 0.717) is 6.42 Å². The topological polar surface area (TPSA) is 49.4 Å². The number of benzene rings is 2. The highest BCUT2D eigenvalue weighted by Crippen LogP contribution is 2.14. The minimum Gasteiger partial charge on any atom is -0.343 e. The summed E-state index contributed by atoms with van der Waals surface area (Å²) < 4.78 is 49.6. The summed E-state index contributed by atoms with van der Waals surface area (Å²) >= 11 is 0. The standard InChI is InChI=1S/C20H20F4N2O2/c1-26(18(27)10-7-14-3-2-4-17(21)11-14)12-15-5-8-16(9-6-15)19(28)25-13-20(22,23)24/h2-6,8-9,11H,7,10,12-13H2,1H3,(H,25,28). The molecule has 1 N–H and O–H groups in total. The lowest BCUT2D eigenvalue weighted by Crippen LogP contribution is -2.33. The summed E-state index contributed by atoms with van der Waals surface area (Å²) in [5.74, 6) is -1.29. The fraction of sp³-hybridized carbons (Fsp3) is 0.300. The van der Waals surface area contributed by atoms with Crippen molar-refractivity contribution < 1.29 is 27.2 Å². The minimum atomic E-state index is -4.47. The highest BCUT2D eigenvalue weighted by Gasteiger charge is 2.27. The first kappa shape index (κ1) is 21.4. The number of amides is 2. The largest absolute Gasteiger partial charge is 0.405 e. The van der Waals surface area contributed by atoms with Gasteiger partial charge in [0.1, 0.15) is 12.4 Å². The molecule has 4 nitrogen and oxygen atoms in total. The molecule has 2 aromatic carbocycles. The summed E-state index contributed by atoms with van der Waals surface area (Å²) in [7, 11) is 1.62. The SMILES string of the molecule is CN(Cc1ccc(C(=O)NCC(F)(F)F)cc1)C(=O)CCc1cccc(F)c1. The molecule has 0 unspecified atom stereocenters. The molecule has 0 fully saturated rings. The fourth-order valence-electron chi connectivity index (χ4n) is 2.54. The van der Waals surface area contributed by atoms with Crippen LogP contribution < -0.4 is 5.32 Å². The summed E-state index contributed by atoms with van der Waals surface area (Å²) in [6, 6.07) is 12.0. The fourth-order valence-corrected chi connectivity index (χ4v) is 2.54. The third-order valence-corrected chi connectivity index (χ3v) is 4.03. The van der Waals surface area contributed by atoms with Gasteiger partial charge in [-0.25, -0.2) is 4.39 Å². The van der Waals surface area contributed by atoms with E-state index in [2.05, 4.69) is 0 Å². The molecule has 0 spiro atoms. The summed E-state index contributed by atoms with van der Waals surface area (Å²) in [6.07, 6.45) is -3.83. The second-order valence-corrected chi connectivity index (χ2v) is 6.37. The average molecular weight is 396 g/mol. The number of hydrogen-bond donors (Lipinski definition) is 1. The van der Waals surface area contributed by atoms with Gasteiger partial charge in [0.2, 0.25) is 5.91 Å². The van der Waals surface area contributed by atoms with Crippen molar-refractivity contribution in [2.24, 2.45) is 0 Å². The molecule has 0 atom stereocenters. The van der Waals surface area contributed by atoms with Crippen LogP contribution in [0.3, 0.4) is 0 Å². The number of nitrogens with zero attached hydrogens (tertiary/aromatic N) is 1. The van der Waals surface area contributed by atoms with Crippen LogP contribution in [0.4, 0.5) is 17.6 Å². The summed E-state index contributed by atoms with van der Waals surface area (Å²) in [4.78, 5) is 25.4. The zero-order valence-corrected chi connectivity index (χ0v) is 15.2. The zero-order chi connectivity index (χ0) is 20.7. The molecule has 0 saturated heterocycles. The second kappa shape index (κ2) is 9.34. The van der Waals surface area contributed by atoms with E-state index in [9.17, 15) is 27.2 Å². The highest BCUT2D eigenvalue weighted by molar-refractivity contribution is 5.94. The molecule has 2 amide bonds. The van der Waals surface area contributed by atoms with Gasteiger partial charge in [-0.3, -0.25) is 9.59 Å². The highest BCUT2D eigenvalue weighted by atomic mass is 19.4. The van der Waals surface area contributed by atoms with E-state index in [4.69, 9.17) is 0 Å². The smallest absolute Gasteiger partial charge is 0.343 e. The Labute approximate surface area is 160 Å². The van der Waals surface area contributed by atoms with Crippen molar-refractivity contribution in [3.05, 3.63) is 71.0 Å². The lowest BCUT2D eigenvalue weighted by atomic mass is 10.1. The molecule has 0 aromatic heterocycles. The molecular weight excluding hydrogens is 376 g/mol. The van der Waals surface area contributed by atoms with Crippen LogP contribution in [-0.4, -0.2) is 36.5 Å². The predicted molar refractivity (Wildman–Crippen MR) is 96.0 cm³/mol. The van der Waals surface area contributed by atoms with Crippen molar-refractivity contribution in [1.29, 1.82) is 0 Å². The Morgan fingerprint density at radius 1 is 1.04 bits per heavy atom. The van der Waals surface area contributed by atoms with Gasteiger partial charge in [-0.1, -0.05) is 24.3 Å². The Balaban J connectivity index is 1.85. The number of alkyl halides is 3. The molecule has 0 aliphatic heterocycles. The molecular formula is C20H20F4N2O2. The Morgan fingerprint density at radius 2 is 1.71 bits per heavy atom. The Kier molecular flexibility index (Phi) is 7.14. The van der Waals surface area contributed by atoms with Crippen LogP contribution in [0.1, 0.15) is 27.9 Å². The summed E-state index contributed by atoms with van der Waals surface area (Å²) in [5, 5.41) is 1.80. The van der Waals surface area contributed by atoms with Crippen LogP contribution in [-0.2, 0) is 17.8 Å². The van der Waals surface area contributed by atoms with Crippen LogP contribution in [0.5, 0.6) is 0 Å². The van der Waals surface area contributed by atoms with E-state index in [1.54, 1.807) is 36.6 Å². The summed E-state index contributed by atoms with van der Waals surface area (Å²) in [5.41, 5.74) is 1.57. The van der Waals surface area contributed by atoms with Gasteiger partial charge in [0.15, 0.2) is 0 Å². The molecule has 0 aliphatic carbocycles. The molecule has 0 heterocycles. The van der Waals surface area contributed by atoms with Crippen LogP contribution in [0.2, 0.25) is 0 Å². The first-order valence-corrected chi connectivity index (χ1v) is 8.56. The van der Waals surface area contributed by atoms with Gasteiger partial charge < -0.3 is 10.2 Å². The maximum atomic E-state index is 13.2. The number of carbonyl (C=O) groups is 2. The normalized spacial score (nSPS) is 11.2. The first-order valence-electron chi connectivity index (χ1n) is 8.56. The molecule has 2 aromatic rings. The van der Waals surface area contributed by atoms with Gasteiger partial charge in [0.25, 0.3) is 5.91 Å². The quantitative estimate of drug-likeness (QED) is 0.726. The lowest BCUT2D eigenvalue weighted by molar-refractivity contribution is -0.130. The number of hydrogen-bond acceptors (Lipinski definition) is 2. The van der Waals surface area contributed by atoms with Crippen molar-refractivity contribution in [2.45, 2.75) is 25.6 Å². The van der Waals surface area contributed by atoms with E-state index >= 15 is 0 Å². The maximum absolute atomic E-state index is 13.2. The molecule has 0 aliphatic rings. The first-order chi connectivity index (χ1) is 13.1. The molecule has 0 radical (unpaired) electrons. The van der Waals surface area contributed by atoms with Crippen molar-refractivity contribution in [3.8, 4) is 0 Å². The lowest BCUT2D eigenvalue weighted by Gasteiger charge is -2.17. The van der Waals surface area contributed by atoms with E-state index in [1.165, 1.54) is 29.2 Å². The van der Waals surface area contributed by atoms with Gasteiger partial charge in [-0.2, -0.15) is 13.2 Å². The molecule has 2 rings (SSSR count). The molecule has 8 heteroatoms. The van der Waals surface area contributed by atoms with Crippen LogP contribution in [0, 0.1) is 5.82 Å². The molecule has 150 valence electrons. The molecule has 28 heavy (non-hydrogen) atoms. The predicted octanol–water partition coefficient (Wildman–Crippen LogP) is 3.71. The number of aryl methyl sites for hydroxylation is 1. The Morgan fingerprint density at radius 3 is 2.32 bits per heavy atom. The monoisotopic (exact) mass is 396 g/mol. The molecule has 0 bridgehead atoms. The number of carbonyl (C=O) groups excluding carboxylic acids is 2. The summed E-state index contributed by atoms with van der Waals surface area (Å²) in [6.45, 7) is -1.11. The van der Waals surface area contributed by atoms with Crippen LogP contribution >= 0.6 is 0 Å². The van der Waals surface area contributed by atoms with Crippen LogP contribution in [0.25, 0.3) is 0 Å². The third kappa shape index (κ3) is 7.02. The minimum absolute atomic E-state index is 0.105. The molecule has 0 saturated carbocycles. The van der Waals surface area contributed by atoms with E-state index in [1.807, 2.05) is 0 Å². The number of rotatable bonds is 7. The van der Waals surface area contributed by atoms with Crippen molar-refractivity contribution in [2.75, 3.05) is 13.6 Å². The van der Waals surface area contributed by atoms with Crippen molar-refractivity contribution in [3.63, 3.8) is 0 Å². The average Bonchev–Trinajstić information content (AvgIpc) is 2.64. The second-order valence-electron chi connectivity index (χ2n) is 6.37. The van der Waals surface area contributed by atoms with Gasteiger partial charge >= 0.3 is 6.18 Å². The maximum Gasteiger partial charge on any atom is 0.405 e. The number of nitrogens with one attached hydrogen (secondary N) is 1. The van der Waals surface area contributed by atoms with Gasteiger partial charge in [0.05, 0.1) is 0 Å². The van der Waals surface area contributed by atoms with E-state index in [-0.39, 0.29) is 30.3 Å². The third-order valence-electron chi connectivity index (χ3n) is 4.03.